The molecule has 1 aliphatic heterocycles. The van der Waals surface area contributed by atoms with Gasteiger partial charge in [0.2, 0.25) is 5.91 Å². The molecule has 1 saturated heterocycles. The fraction of sp³-hybridized carbons (Fsp3) is 0.424. The van der Waals surface area contributed by atoms with Crippen LogP contribution in [0.25, 0.3) is 6.08 Å². The van der Waals surface area contributed by atoms with Gasteiger partial charge in [0.15, 0.2) is 11.5 Å². The van der Waals surface area contributed by atoms with Crippen molar-refractivity contribution in [3.8, 4) is 11.5 Å². The quantitative estimate of drug-likeness (QED) is 0.426. The van der Waals surface area contributed by atoms with E-state index in [1.807, 2.05) is 30.1 Å². The molecule has 7 heteroatoms. The van der Waals surface area contributed by atoms with E-state index in [0.29, 0.717) is 31.4 Å². The van der Waals surface area contributed by atoms with E-state index in [4.69, 9.17) is 9.15 Å². The molecule has 2 aromatic carbocycles. The summed E-state index contributed by atoms with van der Waals surface area (Å²) in [6, 6.07) is 15.9. The number of hydrogen-bond donors (Lipinski definition) is 2. The van der Waals surface area contributed by atoms with Gasteiger partial charge >= 0.3 is 0 Å². The van der Waals surface area contributed by atoms with E-state index in [9.17, 15) is 15.0 Å². The van der Waals surface area contributed by atoms with Gasteiger partial charge in [0.25, 0.3) is 0 Å². The third-order valence-corrected chi connectivity index (χ3v) is 9.80. The van der Waals surface area contributed by atoms with Crippen molar-refractivity contribution in [2.45, 2.75) is 61.6 Å². The smallest absolute Gasteiger partial charge is 0.246 e. The Labute approximate surface area is 235 Å². The van der Waals surface area contributed by atoms with Gasteiger partial charge in [-0.1, -0.05) is 36.4 Å². The average molecular weight is 543 g/mol. The summed E-state index contributed by atoms with van der Waals surface area (Å²) in [6.45, 7) is 1.71. The van der Waals surface area contributed by atoms with Gasteiger partial charge in [-0.2, -0.15) is 0 Å². The number of piperidine rings is 1. The summed E-state index contributed by atoms with van der Waals surface area (Å²) in [6.07, 6.45) is 10.8. The number of benzene rings is 2. The highest BCUT2D eigenvalue weighted by Gasteiger charge is 2.66. The van der Waals surface area contributed by atoms with Crippen LogP contribution in [0.3, 0.4) is 0 Å². The molecule has 2 heterocycles. The minimum Gasteiger partial charge on any atom is -0.504 e. The topological polar surface area (TPSA) is 86.4 Å². The molecule has 4 atom stereocenters. The maximum atomic E-state index is 13.2. The number of phenolic OH excluding ortho intramolecular Hbond substituents is 1. The number of fused-ring (bicyclic) bond motifs is 1. The highest BCUT2D eigenvalue weighted by Crippen LogP contribution is 2.61. The zero-order valence-electron chi connectivity index (χ0n) is 23.3. The molecule has 1 unspecified atom stereocenters. The molecular weight excluding hydrogens is 504 g/mol. The molecule has 2 bridgehead atoms. The van der Waals surface area contributed by atoms with Crippen LogP contribution < -0.4 is 4.74 Å². The van der Waals surface area contributed by atoms with E-state index in [2.05, 4.69) is 29.2 Å². The number of carbonyl (C=O) groups is 1. The number of amides is 1. The lowest BCUT2D eigenvalue weighted by atomic mass is 9.48. The summed E-state index contributed by atoms with van der Waals surface area (Å²) >= 11 is 0. The number of nitrogens with zero attached hydrogens (tertiary/aromatic N) is 2. The van der Waals surface area contributed by atoms with Crippen molar-refractivity contribution >= 4 is 12.0 Å². The molecule has 1 aromatic heterocycles. The van der Waals surface area contributed by atoms with Gasteiger partial charge in [-0.15, -0.1) is 0 Å². The first-order valence-corrected chi connectivity index (χ1v) is 14.2. The third-order valence-electron chi connectivity index (χ3n) is 9.80. The summed E-state index contributed by atoms with van der Waals surface area (Å²) in [7, 11) is 3.44. The van der Waals surface area contributed by atoms with Crippen molar-refractivity contribution in [3.05, 3.63) is 89.4 Å². The fourth-order valence-electron chi connectivity index (χ4n) is 7.72. The van der Waals surface area contributed by atoms with Gasteiger partial charge in [0.1, 0.15) is 0 Å². The molecule has 1 saturated carbocycles. The van der Waals surface area contributed by atoms with Crippen LogP contribution in [0.5, 0.6) is 11.5 Å². The molecule has 6 rings (SSSR count). The van der Waals surface area contributed by atoms with Gasteiger partial charge in [-0.3, -0.25) is 9.69 Å². The van der Waals surface area contributed by atoms with Gasteiger partial charge in [-0.05, 0) is 74.4 Å². The maximum Gasteiger partial charge on any atom is 0.246 e. The van der Waals surface area contributed by atoms with Crippen LogP contribution >= 0.6 is 0 Å². The van der Waals surface area contributed by atoms with Crippen molar-refractivity contribution in [2.75, 3.05) is 27.2 Å². The number of ether oxygens (including phenoxy) is 1. The van der Waals surface area contributed by atoms with Crippen LogP contribution in [0.1, 0.15) is 47.9 Å². The maximum absolute atomic E-state index is 13.2. The second-order valence-electron chi connectivity index (χ2n) is 11.6. The number of aliphatic hydroxyl groups is 1. The summed E-state index contributed by atoms with van der Waals surface area (Å²) in [5, 5.41) is 23.6. The molecule has 1 amide bonds. The third kappa shape index (κ3) is 4.32. The van der Waals surface area contributed by atoms with Crippen LogP contribution in [-0.2, 0) is 23.1 Å². The number of likely N-dealkylation sites (tertiary alicyclic amines) is 1. The normalized spacial score (nSPS) is 27.7. The summed E-state index contributed by atoms with van der Waals surface area (Å²) in [5.41, 5.74) is 2.54. The largest absolute Gasteiger partial charge is 0.504 e. The molecular formula is C33H38N2O5. The second kappa shape index (κ2) is 10.5. The van der Waals surface area contributed by atoms with E-state index in [1.165, 1.54) is 5.56 Å². The van der Waals surface area contributed by atoms with Crippen LogP contribution in [-0.4, -0.2) is 70.9 Å². The highest BCUT2D eigenvalue weighted by molar-refractivity contribution is 5.91. The average Bonchev–Trinajstić information content (AvgIpc) is 3.49. The van der Waals surface area contributed by atoms with Crippen LogP contribution in [0.2, 0.25) is 0 Å². The summed E-state index contributed by atoms with van der Waals surface area (Å²) in [5.74, 6) is 0.475. The van der Waals surface area contributed by atoms with Crippen molar-refractivity contribution < 1.29 is 24.2 Å². The number of carbonyl (C=O) groups excluding carboxylic acids is 1. The van der Waals surface area contributed by atoms with Gasteiger partial charge in [0.05, 0.1) is 25.2 Å². The first-order valence-electron chi connectivity index (χ1n) is 14.2. The Morgan fingerprint density at radius 1 is 1.20 bits per heavy atom. The number of rotatable bonds is 7. The SMILES string of the molecule is COc1c(O)ccc2c1[C@]13CCN(CCc4ccccc4)[C@H](C2)[C@]1(O)CCC(N(C)C(=O)/C=C/c1ccoc1)C3. The van der Waals surface area contributed by atoms with Gasteiger partial charge in [-0.25, -0.2) is 0 Å². The Morgan fingerprint density at radius 2 is 2.02 bits per heavy atom. The van der Waals surface area contributed by atoms with E-state index in [1.54, 1.807) is 37.9 Å². The van der Waals surface area contributed by atoms with Crippen LogP contribution in [0.4, 0.5) is 0 Å². The molecule has 2 fully saturated rings. The number of phenols is 1. The van der Waals surface area contributed by atoms with Gasteiger partial charge in [0, 0.05) is 48.3 Å². The Bertz CT molecular complexity index is 1390. The lowest BCUT2D eigenvalue weighted by Gasteiger charge is -2.65. The van der Waals surface area contributed by atoms with Crippen LogP contribution in [0.15, 0.2) is 71.6 Å². The Balaban J connectivity index is 1.34. The Morgan fingerprint density at radius 3 is 2.77 bits per heavy atom. The predicted octanol–water partition coefficient (Wildman–Crippen LogP) is 4.56. The molecule has 7 nitrogen and oxygen atoms in total. The van der Waals surface area contributed by atoms with Crippen molar-refractivity contribution in [1.29, 1.82) is 0 Å². The first-order chi connectivity index (χ1) is 19.4. The Kier molecular flexibility index (Phi) is 6.97. The minimum atomic E-state index is -0.997. The molecule has 2 aliphatic carbocycles. The van der Waals surface area contributed by atoms with E-state index in [-0.39, 0.29) is 23.7 Å². The minimum absolute atomic E-state index is 0.0466. The Hall–Kier alpha value is -3.55. The molecule has 2 N–H and O–H groups in total. The zero-order valence-corrected chi connectivity index (χ0v) is 23.3. The van der Waals surface area contributed by atoms with Crippen molar-refractivity contribution in [3.63, 3.8) is 0 Å². The van der Waals surface area contributed by atoms with E-state index >= 15 is 0 Å². The van der Waals surface area contributed by atoms with E-state index in [0.717, 1.165) is 42.6 Å². The van der Waals surface area contributed by atoms with Crippen LogP contribution in [0, 0.1) is 0 Å². The van der Waals surface area contributed by atoms with E-state index < -0.39 is 11.0 Å². The number of likely N-dealkylation sites (N-methyl/N-ethyl adjacent to an activating group) is 1. The highest BCUT2D eigenvalue weighted by atomic mass is 16.5. The zero-order chi connectivity index (χ0) is 27.9. The second-order valence-corrected chi connectivity index (χ2v) is 11.6. The number of methoxy groups -OCH3 is 1. The fourth-order valence-corrected chi connectivity index (χ4v) is 7.72. The summed E-state index contributed by atoms with van der Waals surface area (Å²) in [4.78, 5) is 17.5. The number of hydrogen-bond acceptors (Lipinski definition) is 6. The lowest BCUT2D eigenvalue weighted by molar-refractivity contribution is -0.177. The van der Waals surface area contributed by atoms with Gasteiger partial charge < -0.3 is 24.3 Å². The molecule has 3 aliphatic rings. The van der Waals surface area contributed by atoms with Crippen molar-refractivity contribution in [1.82, 2.24) is 9.80 Å². The first kappa shape index (κ1) is 26.7. The molecule has 0 spiro atoms. The molecule has 40 heavy (non-hydrogen) atoms. The monoisotopic (exact) mass is 542 g/mol. The van der Waals surface area contributed by atoms with Crippen molar-refractivity contribution in [2.24, 2.45) is 0 Å². The molecule has 210 valence electrons. The number of aromatic hydroxyl groups is 1. The number of furan rings is 1. The standard InChI is InChI=1S/C33H38N2O5/c1-34(29(37)11-8-24-14-19-40-22-24)26-12-15-33(38)28-20-25-9-10-27(36)31(39-2)30(25)32(33,21-26)16-18-35(28)17-13-23-6-4-3-5-7-23/h3-11,14,19,22,26,28,36,38H,12-13,15-18,20-21H2,1-2H3/b11-8+/t26?,28-,32-,33-/m1/s1. The lowest BCUT2D eigenvalue weighted by Crippen LogP contribution is -2.74. The summed E-state index contributed by atoms with van der Waals surface area (Å²) < 4.78 is 10.9. The predicted molar refractivity (Wildman–Crippen MR) is 153 cm³/mol. The molecule has 0 radical (unpaired) electrons. The molecule has 3 aromatic rings.